The van der Waals surface area contributed by atoms with Gasteiger partial charge in [0, 0.05) is 6.07 Å². The maximum absolute atomic E-state index is 12.4. The average Bonchev–Trinajstić information content (AvgIpc) is 2.52. The third kappa shape index (κ3) is 5.50. The van der Waals surface area contributed by atoms with Gasteiger partial charge in [-0.2, -0.15) is 13.2 Å². The standard InChI is InChI=1S/C14H15F3N2O7/c1-3-26-11-5-9(19(23)24)7(4-10(11)25-2)12(20)18-8(13(21)22)6-14(15,16)17/h4-5,8H,3,6H2,1-2H3,(H,18,20)(H,21,22). The molecule has 0 bridgehead atoms. The zero-order valence-corrected chi connectivity index (χ0v) is 13.6. The molecule has 12 heteroatoms. The molecule has 0 aliphatic heterocycles. The highest BCUT2D eigenvalue weighted by atomic mass is 19.4. The van der Waals surface area contributed by atoms with Crippen LogP contribution in [0, 0.1) is 10.1 Å². The predicted molar refractivity (Wildman–Crippen MR) is 80.4 cm³/mol. The number of nitrogens with one attached hydrogen (secondary N) is 1. The molecule has 0 aliphatic carbocycles. The number of carboxylic acid groups (broad SMARTS) is 1. The second-order valence-electron chi connectivity index (χ2n) is 4.89. The minimum atomic E-state index is -4.86. The molecule has 1 rings (SSSR count). The van der Waals surface area contributed by atoms with E-state index in [9.17, 15) is 32.9 Å². The van der Waals surface area contributed by atoms with Crippen molar-refractivity contribution in [1.82, 2.24) is 5.32 Å². The SMILES string of the molecule is CCOc1cc([N+](=O)[O-])c(C(=O)NC(CC(F)(F)F)C(=O)O)cc1OC. The van der Waals surface area contributed by atoms with Gasteiger partial charge in [0.25, 0.3) is 11.6 Å². The van der Waals surface area contributed by atoms with Crippen LogP contribution in [0.5, 0.6) is 11.5 Å². The Morgan fingerprint density at radius 1 is 1.35 bits per heavy atom. The molecule has 1 atom stereocenters. The molecule has 0 radical (unpaired) electrons. The van der Waals surface area contributed by atoms with E-state index in [1.165, 1.54) is 7.11 Å². The van der Waals surface area contributed by atoms with Crippen LogP contribution >= 0.6 is 0 Å². The normalized spacial score (nSPS) is 12.2. The van der Waals surface area contributed by atoms with E-state index in [1.807, 2.05) is 0 Å². The first-order valence-electron chi connectivity index (χ1n) is 7.09. The van der Waals surface area contributed by atoms with Crippen LogP contribution < -0.4 is 14.8 Å². The van der Waals surface area contributed by atoms with Gasteiger partial charge >= 0.3 is 12.1 Å². The molecule has 0 spiro atoms. The van der Waals surface area contributed by atoms with Gasteiger partial charge in [-0.3, -0.25) is 14.9 Å². The third-order valence-corrected chi connectivity index (χ3v) is 3.06. The number of nitro benzene ring substituents is 1. The van der Waals surface area contributed by atoms with Crippen LogP contribution in [0.1, 0.15) is 23.7 Å². The molecule has 0 saturated carbocycles. The van der Waals surface area contributed by atoms with E-state index in [0.29, 0.717) is 0 Å². The van der Waals surface area contributed by atoms with Crippen LogP contribution in [-0.4, -0.2) is 47.8 Å². The second-order valence-corrected chi connectivity index (χ2v) is 4.89. The molecule has 9 nitrogen and oxygen atoms in total. The van der Waals surface area contributed by atoms with E-state index in [2.05, 4.69) is 0 Å². The molecule has 26 heavy (non-hydrogen) atoms. The first-order chi connectivity index (χ1) is 12.0. The molecular formula is C14H15F3N2O7. The first kappa shape index (κ1) is 21.0. The molecule has 2 N–H and O–H groups in total. The van der Waals surface area contributed by atoms with Crippen molar-refractivity contribution in [2.75, 3.05) is 13.7 Å². The minimum absolute atomic E-state index is 0.0525. The maximum Gasteiger partial charge on any atom is 0.391 e. The topological polar surface area (TPSA) is 128 Å². The number of alkyl halides is 3. The highest BCUT2D eigenvalue weighted by Crippen LogP contribution is 2.35. The van der Waals surface area contributed by atoms with Crippen LogP contribution in [0.25, 0.3) is 0 Å². The molecule has 1 unspecified atom stereocenters. The van der Waals surface area contributed by atoms with E-state index >= 15 is 0 Å². The molecule has 0 saturated heterocycles. The van der Waals surface area contributed by atoms with E-state index in [-0.39, 0.29) is 18.1 Å². The molecule has 1 amide bonds. The summed E-state index contributed by atoms with van der Waals surface area (Å²) in [5, 5.41) is 21.6. The lowest BCUT2D eigenvalue weighted by molar-refractivity contribution is -0.385. The summed E-state index contributed by atoms with van der Waals surface area (Å²) in [5.41, 5.74) is -1.44. The largest absolute Gasteiger partial charge is 0.493 e. The molecule has 0 heterocycles. The maximum atomic E-state index is 12.4. The van der Waals surface area contributed by atoms with Crippen molar-refractivity contribution in [1.29, 1.82) is 0 Å². The van der Waals surface area contributed by atoms with Crippen molar-refractivity contribution in [3.63, 3.8) is 0 Å². The van der Waals surface area contributed by atoms with Crippen LogP contribution in [0.4, 0.5) is 18.9 Å². The van der Waals surface area contributed by atoms with Crippen molar-refractivity contribution in [3.8, 4) is 11.5 Å². The number of carbonyl (C=O) groups is 2. The summed E-state index contributed by atoms with van der Waals surface area (Å²) in [6.45, 7) is 1.73. The van der Waals surface area contributed by atoms with Gasteiger partial charge in [-0.1, -0.05) is 0 Å². The Morgan fingerprint density at radius 2 is 1.96 bits per heavy atom. The van der Waals surface area contributed by atoms with Gasteiger partial charge in [0.2, 0.25) is 0 Å². The fourth-order valence-corrected chi connectivity index (χ4v) is 1.98. The van der Waals surface area contributed by atoms with Gasteiger partial charge in [-0.15, -0.1) is 0 Å². The number of benzene rings is 1. The number of nitro groups is 1. The van der Waals surface area contributed by atoms with Gasteiger partial charge in [0.1, 0.15) is 11.6 Å². The van der Waals surface area contributed by atoms with Gasteiger partial charge in [-0.25, -0.2) is 4.79 Å². The van der Waals surface area contributed by atoms with Crippen LogP contribution in [0.3, 0.4) is 0 Å². The fourth-order valence-electron chi connectivity index (χ4n) is 1.98. The number of hydrogen-bond donors (Lipinski definition) is 2. The minimum Gasteiger partial charge on any atom is -0.493 e. The zero-order chi connectivity index (χ0) is 20.1. The second kappa shape index (κ2) is 8.36. The molecule has 0 aliphatic rings. The summed E-state index contributed by atoms with van der Waals surface area (Å²) < 4.78 is 47.3. The summed E-state index contributed by atoms with van der Waals surface area (Å²) in [6.07, 6.45) is -6.70. The highest BCUT2D eigenvalue weighted by molar-refractivity contribution is 6.00. The van der Waals surface area contributed by atoms with Crippen molar-refractivity contribution in [3.05, 3.63) is 27.8 Å². The molecule has 1 aromatic rings. The Kier molecular flexibility index (Phi) is 6.75. The number of carbonyl (C=O) groups excluding carboxylic acids is 1. The predicted octanol–water partition coefficient (Wildman–Crippen LogP) is 2.14. The van der Waals surface area contributed by atoms with Crippen LogP contribution in [0.15, 0.2) is 12.1 Å². The Morgan fingerprint density at radius 3 is 2.38 bits per heavy atom. The van der Waals surface area contributed by atoms with Crippen molar-refractivity contribution in [2.45, 2.75) is 25.6 Å². The van der Waals surface area contributed by atoms with E-state index in [0.717, 1.165) is 12.1 Å². The summed E-state index contributed by atoms with van der Waals surface area (Å²) in [6, 6.07) is -0.540. The number of hydrogen-bond acceptors (Lipinski definition) is 6. The van der Waals surface area contributed by atoms with Crippen molar-refractivity contribution < 1.29 is 42.3 Å². The van der Waals surface area contributed by atoms with Gasteiger partial charge in [0.15, 0.2) is 11.5 Å². The van der Waals surface area contributed by atoms with Gasteiger partial charge < -0.3 is 19.9 Å². The lowest BCUT2D eigenvalue weighted by atomic mass is 10.1. The quantitative estimate of drug-likeness (QED) is 0.522. The van der Waals surface area contributed by atoms with E-state index < -0.39 is 46.7 Å². The molecule has 1 aromatic carbocycles. The molecule has 144 valence electrons. The first-order valence-corrected chi connectivity index (χ1v) is 7.09. The smallest absolute Gasteiger partial charge is 0.391 e. The number of amides is 1. The third-order valence-electron chi connectivity index (χ3n) is 3.06. The number of ether oxygens (including phenoxy) is 2. The summed E-state index contributed by atoms with van der Waals surface area (Å²) in [5.74, 6) is -3.43. The molecule has 0 fully saturated rings. The molecule has 0 aromatic heterocycles. The van der Waals surface area contributed by atoms with Crippen molar-refractivity contribution >= 4 is 17.6 Å². The number of halogens is 3. The summed E-state index contributed by atoms with van der Waals surface area (Å²) in [4.78, 5) is 33.3. The van der Waals surface area contributed by atoms with Crippen molar-refractivity contribution in [2.24, 2.45) is 0 Å². The van der Waals surface area contributed by atoms with Gasteiger partial charge in [0.05, 0.1) is 31.1 Å². The summed E-state index contributed by atoms with van der Waals surface area (Å²) >= 11 is 0. The average molecular weight is 380 g/mol. The number of aliphatic carboxylic acids is 1. The number of rotatable bonds is 8. The Balaban J connectivity index is 3.28. The zero-order valence-electron chi connectivity index (χ0n) is 13.6. The number of methoxy groups -OCH3 is 1. The monoisotopic (exact) mass is 380 g/mol. The number of carboxylic acids is 1. The Bertz CT molecular complexity index is 707. The lowest BCUT2D eigenvalue weighted by Crippen LogP contribution is -2.43. The molecular weight excluding hydrogens is 365 g/mol. The van der Waals surface area contributed by atoms with Crippen LogP contribution in [-0.2, 0) is 4.79 Å². The van der Waals surface area contributed by atoms with Gasteiger partial charge in [-0.05, 0) is 6.92 Å². The van der Waals surface area contributed by atoms with E-state index in [4.69, 9.17) is 14.6 Å². The van der Waals surface area contributed by atoms with Crippen LogP contribution in [0.2, 0.25) is 0 Å². The lowest BCUT2D eigenvalue weighted by Gasteiger charge is -2.17. The summed E-state index contributed by atoms with van der Waals surface area (Å²) in [7, 11) is 1.19. The fraction of sp³-hybridized carbons (Fsp3) is 0.429. The highest BCUT2D eigenvalue weighted by Gasteiger charge is 2.37. The Labute approximate surface area is 144 Å². The number of nitrogens with zero attached hydrogens (tertiary/aromatic N) is 1. The Hall–Kier alpha value is -3.05. The van der Waals surface area contributed by atoms with E-state index in [1.54, 1.807) is 12.2 Å².